The summed E-state index contributed by atoms with van der Waals surface area (Å²) >= 11 is 0. The Morgan fingerprint density at radius 3 is 2.16 bits per heavy atom. The van der Waals surface area contributed by atoms with Crippen molar-refractivity contribution in [2.24, 2.45) is 5.92 Å². The fraction of sp³-hybridized carbons (Fsp3) is 0.542. The van der Waals surface area contributed by atoms with Gasteiger partial charge in [0.1, 0.15) is 0 Å². The number of fused-ring (bicyclic) bond motifs is 1. The summed E-state index contributed by atoms with van der Waals surface area (Å²) in [5, 5.41) is 16.6. The lowest BCUT2D eigenvalue weighted by atomic mass is 10.1. The summed E-state index contributed by atoms with van der Waals surface area (Å²) in [6.07, 6.45) is 1.34. The van der Waals surface area contributed by atoms with Crippen molar-refractivity contribution in [1.29, 1.82) is 0 Å². The molecular formula is C24H40N6O. The molecule has 31 heavy (non-hydrogen) atoms. The Morgan fingerprint density at radius 1 is 0.935 bits per heavy atom. The molecule has 2 heterocycles. The molecule has 3 rings (SSSR count). The van der Waals surface area contributed by atoms with Crippen LogP contribution in [0.3, 0.4) is 0 Å². The highest BCUT2D eigenvalue weighted by molar-refractivity contribution is 5.84. The molecule has 1 atom stereocenters. The molecule has 0 saturated heterocycles. The van der Waals surface area contributed by atoms with E-state index in [-0.39, 0.29) is 12.0 Å². The zero-order chi connectivity index (χ0) is 23.4. The number of benzene rings is 1. The number of hydrogen-bond donors (Lipinski definition) is 3. The SMILES string of the molecule is CC.CC.CC(C)C(O)CNc1nc(NCc2ccccc2)c2ncn(C(C)C)c2n1. The molecule has 3 N–H and O–H groups in total. The largest absolute Gasteiger partial charge is 0.391 e. The lowest BCUT2D eigenvalue weighted by Crippen LogP contribution is -2.25. The molecule has 0 amide bonds. The molecule has 0 aliphatic heterocycles. The molecule has 1 aromatic carbocycles. The van der Waals surface area contributed by atoms with Gasteiger partial charge >= 0.3 is 0 Å². The molecule has 0 bridgehead atoms. The van der Waals surface area contributed by atoms with Crippen LogP contribution in [-0.4, -0.2) is 37.3 Å². The van der Waals surface area contributed by atoms with Crippen LogP contribution in [0.4, 0.5) is 11.8 Å². The van der Waals surface area contributed by atoms with Crippen molar-refractivity contribution in [1.82, 2.24) is 19.5 Å². The lowest BCUT2D eigenvalue weighted by molar-refractivity contribution is 0.137. The summed E-state index contributed by atoms with van der Waals surface area (Å²) in [6, 6.07) is 10.4. The normalized spacial score (nSPS) is 11.5. The van der Waals surface area contributed by atoms with E-state index in [1.54, 1.807) is 6.33 Å². The number of nitrogens with one attached hydrogen (secondary N) is 2. The molecular weight excluding hydrogens is 388 g/mol. The fourth-order valence-electron chi connectivity index (χ4n) is 2.71. The van der Waals surface area contributed by atoms with Crippen molar-refractivity contribution in [3.8, 4) is 0 Å². The Morgan fingerprint density at radius 2 is 1.58 bits per heavy atom. The topological polar surface area (TPSA) is 87.9 Å². The number of aliphatic hydroxyl groups excluding tert-OH is 1. The maximum absolute atomic E-state index is 10.1. The Labute approximate surface area is 187 Å². The highest BCUT2D eigenvalue weighted by Gasteiger charge is 2.16. The van der Waals surface area contributed by atoms with E-state index in [9.17, 15) is 5.11 Å². The third kappa shape index (κ3) is 7.51. The zero-order valence-corrected chi connectivity index (χ0v) is 20.3. The summed E-state index contributed by atoms with van der Waals surface area (Å²) < 4.78 is 2.02. The summed E-state index contributed by atoms with van der Waals surface area (Å²) in [5.74, 6) is 1.34. The lowest BCUT2D eigenvalue weighted by Gasteiger charge is -2.16. The third-order valence-electron chi connectivity index (χ3n) is 4.52. The van der Waals surface area contributed by atoms with Crippen molar-refractivity contribution in [3.63, 3.8) is 0 Å². The first-order valence-electron chi connectivity index (χ1n) is 11.4. The number of rotatable bonds is 8. The van der Waals surface area contributed by atoms with Crippen LogP contribution in [0.15, 0.2) is 36.7 Å². The maximum atomic E-state index is 10.1. The summed E-state index contributed by atoms with van der Waals surface area (Å²) in [4.78, 5) is 13.7. The van der Waals surface area contributed by atoms with Crippen LogP contribution >= 0.6 is 0 Å². The van der Waals surface area contributed by atoms with Crippen molar-refractivity contribution in [2.75, 3.05) is 17.2 Å². The fourth-order valence-corrected chi connectivity index (χ4v) is 2.71. The summed E-state index contributed by atoms with van der Waals surface area (Å²) in [6.45, 7) is 17.2. The van der Waals surface area contributed by atoms with Gasteiger partial charge in [-0.2, -0.15) is 9.97 Å². The Hall–Kier alpha value is -2.67. The molecule has 0 aliphatic carbocycles. The van der Waals surface area contributed by atoms with Crippen LogP contribution in [0.2, 0.25) is 0 Å². The molecule has 0 radical (unpaired) electrons. The van der Waals surface area contributed by atoms with Crippen molar-refractivity contribution in [3.05, 3.63) is 42.2 Å². The van der Waals surface area contributed by atoms with E-state index in [1.807, 2.05) is 64.3 Å². The quantitative estimate of drug-likeness (QED) is 0.439. The molecule has 7 heteroatoms. The van der Waals surface area contributed by atoms with E-state index in [0.717, 1.165) is 16.7 Å². The predicted octanol–water partition coefficient (Wildman–Crippen LogP) is 5.50. The van der Waals surface area contributed by atoms with Crippen LogP contribution in [0, 0.1) is 5.92 Å². The highest BCUT2D eigenvalue weighted by Crippen LogP contribution is 2.24. The molecule has 0 saturated carbocycles. The summed E-state index contributed by atoms with van der Waals surface area (Å²) in [5.41, 5.74) is 2.68. The van der Waals surface area contributed by atoms with Crippen LogP contribution < -0.4 is 10.6 Å². The first kappa shape index (κ1) is 26.4. The minimum atomic E-state index is -0.458. The second kappa shape index (κ2) is 13.6. The molecule has 3 aromatic rings. The molecule has 7 nitrogen and oxygen atoms in total. The minimum Gasteiger partial charge on any atom is -0.391 e. The van der Waals surface area contributed by atoms with Crippen molar-refractivity contribution < 1.29 is 5.11 Å². The van der Waals surface area contributed by atoms with Crippen molar-refractivity contribution >= 4 is 22.9 Å². The van der Waals surface area contributed by atoms with Gasteiger partial charge in [0.2, 0.25) is 5.95 Å². The molecule has 0 aliphatic rings. The smallest absolute Gasteiger partial charge is 0.226 e. The first-order valence-corrected chi connectivity index (χ1v) is 11.4. The second-order valence-corrected chi connectivity index (χ2v) is 7.35. The van der Waals surface area contributed by atoms with E-state index in [4.69, 9.17) is 0 Å². The van der Waals surface area contributed by atoms with Gasteiger partial charge in [-0.1, -0.05) is 71.9 Å². The van der Waals surface area contributed by atoms with Crippen LogP contribution in [-0.2, 0) is 6.54 Å². The molecule has 2 aromatic heterocycles. The van der Waals surface area contributed by atoms with Gasteiger partial charge in [0.25, 0.3) is 0 Å². The van der Waals surface area contributed by atoms with Gasteiger partial charge < -0.3 is 20.3 Å². The minimum absolute atomic E-state index is 0.165. The van der Waals surface area contributed by atoms with E-state index in [0.29, 0.717) is 24.9 Å². The maximum Gasteiger partial charge on any atom is 0.226 e. The average Bonchev–Trinajstić information content (AvgIpc) is 3.23. The Balaban J connectivity index is 0.00000113. The van der Waals surface area contributed by atoms with E-state index >= 15 is 0 Å². The standard InChI is InChI=1S/C20H28N6O.2C2H6/c1-13(2)16(27)11-22-20-24-18(21-10-15-8-6-5-7-9-15)17-19(25-20)26(12-23-17)14(3)4;2*1-2/h5-9,12-14,16,27H,10-11H2,1-4H3,(H2,21,22,24,25);2*1-2H3. The van der Waals surface area contributed by atoms with Gasteiger partial charge in [-0.3, -0.25) is 0 Å². The van der Waals surface area contributed by atoms with Crippen molar-refractivity contribution in [2.45, 2.75) is 74.1 Å². The number of hydrogen-bond acceptors (Lipinski definition) is 6. The van der Waals surface area contributed by atoms with E-state index in [2.05, 4.69) is 51.6 Å². The first-order chi connectivity index (χ1) is 15.0. The zero-order valence-electron chi connectivity index (χ0n) is 20.3. The van der Waals surface area contributed by atoms with E-state index in [1.165, 1.54) is 0 Å². The molecule has 172 valence electrons. The third-order valence-corrected chi connectivity index (χ3v) is 4.52. The molecule has 0 fully saturated rings. The Bertz CT molecular complexity index is 876. The number of anilines is 2. The van der Waals surface area contributed by atoms with Gasteiger partial charge in [-0.05, 0) is 25.3 Å². The predicted molar refractivity (Wildman–Crippen MR) is 132 cm³/mol. The van der Waals surface area contributed by atoms with Crippen LogP contribution in [0.1, 0.15) is 67.0 Å². The van der Waals surface area contributed by atoms with Gasteiger partial charge in [0.15, 0.2) is 17.0 Å². The number of imidazole rings is 1. The van der Waals surface area contributed by atoms with E-state index < -0.39 is 6.10 Å². The van der Waals surface area contributed by atoms with Crippen LogP contribution in [0.25, 0.3) is 11.2 Å². The molecule has 0 spiro atoms. The highest BCUT2D eigenvalue weighted by atomic mass is 16.3. The summed E-state index contributed by atoms with van der Waals surface area (Å²) in [7, 11) is 0. The number of aromatic nitrogens is 4. The van der Waals surface area contributed by atoms with Gasteiger partial charge in [0.05, 0.1) is 12.4 Å². The van der Waals surface area contributed by atoms with Gasteiger partial charge in [-0.25, -0.2) is 4.98 Å². The molecule has 1 unspecified atom stereocenters. The number of nitrogens with zero attached hydrogens (tertiary/aromatic N) is 4. The van der Waals surface area contributed by atoms with Crippen LogP contribution in [0.5, 0.6) is 0 Å². The average molecular weight is 429 g/mol. The number of aliphatic hydroxyl groups is 1. The van der Waals surface area contributed by atoms with Gasteiger partial charge in [-0.15, -0.1) is 0 Å². The Kier molecular flexibility index (Phi) is 11.6. The second-order valence-electron chi connectivity index (χ2n) is 7.35. The van der Waals surface area contributed by atoms with Gasteiger partial charge in [0, 0.05) is 19.1 Å². The monoisotopic (exact) mass is 428 g/mol.